The Labute approximate surface area is 109 Å². The summed E-state index contributed by atoms with van der Waals surface area (Å²) < 4.78 is 1.05. The predicted octanol–water partition coefficient (Wildman–Crippen LogP) is 3.43. The van der Waals surface area contributed by atoms with E-state index in [1.165, 1.54) is 0 Å². The summed E-state index contributed by atoms with van der Waals surface area (Å²) in [6.07, 6.45) is 3.59. The molecule has 0 saturated carbocycles. The molecule has 0 aliphatic carbocycles. The van der Waals surface area contributed by atoms with E-state index in [0.717, 1.165) is 21.2 Å². The van der Waals surface area contributed by atoms with Crippen LogP contribution >= 0.6 is 15.9 Å². The van der Waals surface area contributed by atoms with Gasteiger partial charge in [0.05, 0.1) is 6.10 Å². The number of hydrogen-bond acceptors (Lipinski definition) is 2. The van der Waals surface area contributed by atoms with Crippen LogP contribution < -0.4 is 0 Å². The van der Waals surface area contributed by atoms with Gasteiger partial charge in [0.25, 0.3) is 0 Å². The third-order valence-electron chi connectivity index (χ3n) is 2.78. The van der Waals surface area contributed by atoms with Crippen molar-refractivity contribution >= 4 is 15.9 Å². The van der Waals surface area contributed by atoms with Crippen LogP contribution in [-0.4, -0.2) is 10.1 Å². The summed E-state index contributed by atoms with van der Waals surface area (Å²) in [5.74, 6) is 0. The van der Waals surface area contributed by atoms with Crippen molar-refractivity contribution in [2.45, 2.75) is 19.4 Å². The van der Waals surface area contributed by atoms with Crippen LogP contribution in [0.2, 0.25) is 0 Å². The molecule has 2 nitrogen and oxygen atoms in total. The van der Waals surface area contributed by atoms with Gasteiger partial charge in [-0.05, 0) is 36.2 Å². The average Bonchev–Trinajstić information content (AvgIpc) is 2.32. The molecule has 0 aliphatic heterocycles. The Kier molecular flexibility index (Phi) is 3.92. The lowest BCUT2D eigenvalue weighted by molar-refractivity contribution is 0.177. The van der Waals surface area contributed by atoms with Crippen molar-refractivity contribution in [3.63, 3.8) is 0 Å². The minimum Gasteiger partial charge on any atom is -0.388 e. The molecule has 0 fully saturated rings. The number of nitrogens with zero attached hydrogens (tertiary/aromatic N) is 1. The summed E-state index contributed by atoms with van der Waals surface area (Å²) in [5, 5.41) is 10.2. The molecule has 2 rings (SSSR count). The van der Waals surface area contributed by atoms with E-state index in [4.69, 9.17) is 0 Å². The molecule has 1 atom stereocenters. The van der Waals surface area contributed by atoms with E-state index in [1.807, 2.05) is 37.3 Å². The van der Waals surface area contributed by atoms with E-state index in [0.29, 0.717) is 6.42 Å². The largest absolute Gasteiger partial charge is 0.388 e. The lowest BCUT2D eigenvalue weighted by Crippen LogP contribution is -2.04. The minimum atomic E-state index is -0.495. The third-order valence-corrected chi connectivity index (χ3v) is 3.31. The Morgan fingerprint density at radius 1 is 1.24 bits per heavy atom. The zero-order valence-corrected chi connectivity index (χ0v) is 11.2. The monoisotopic (exact) mass is 291 g/mol. The van der Waals surface area contributed by atoms with Crippen LogP contribution in [0.5, 0.6) is 0 Å². The fourth-order valence-corrected chi connectivity index (χ4v) is 2.04. The fourth-order valence-electron chi connectivity index (χ4n) is 1.78. The highest BCUT2D eigenvalue weighted by molar-refractivity contribution is 9.10. The van der Waals surface area contributed by atoms with E-state index < -0.39 is 6.10 Å². The summed E-state index contributed by atoms with van der Waals surface area (Å²) in [6.45, 7) is 1.99. The molecule has 0 saturated heterocycles. The first-order valence-corrected chi connectivity index (χ1v) is 6.29. The van der Waals surface area contributed by atoms with Gasteiger partial charge >= 0.3 is 0 Å². The Bertz CT molecular complexity index is 496. The van der Waals surface area contributed by atoms with Crippen LogP contribution in [0.3, 0.4) is 0 Å². The average molecular weight is 292 g/mol. The molecular weight excluding hydrogens is 278 g/mol. The molecule has 0 bridgehead atoms. The normalized spacial score (nSPS) is 12.4. The van der Waals surface area contributed by atoms with Crippen molar-refractivity contribution in [3.05, 3.63) is 63.9 Å². The SMILES string of the molecule is Cc1ccncc1C(O)Cc1ccc(Br)cc1. The van der Waals surface area contributed by atoms with Crippen molar-refractivity contribution in [2.75, 3.05) is 0 Å². The first-order chi connectivity index (χ1) is 8.16. The first kappa shape index (κ1) is 12.3. The molecule has 1 aromatic heterocycles. The summed E-state index contributed by atoms with van der Waals surface area (Å²) in [5.41, 5.74) is 3.09. The summed E-state index contributed by atoms with van der Waals surface area (Å²) in [7, 11) is 0. The highest BCUT2D eigenvalue weighted by atomic mass is 79.9. The minimum absolute atomic E-state index is 0.495. The second-order valence-corrected chi connectivity index (χ2v) is 4.99. The molecule has 1 heterocycles. The molecule has 0 amide bonds. The number of aliphatic hydroxyl groups excluding tert-OH is 1. The van der Waals surface area contributed by atoms with Crippen LogP contribution in [0.1, 0.15) is 22.8 Å². The van der Waals surface area contributed by atoms with Gasteiger partial charge in [0.15, 0.2) is 0 Å². The van der Waals surface area contributed by atoms with Crippen LogP contribution in [0, 0.1) is 6.92 Å². The van der Waals surface area contributed by atoms with Gasteiger partial charge in [-0.3, -0.25) is 4.98 Å². The second kappa shape index (κ2) is 5.43. The third kappa shape index (κ3) is 3.14. The van der Waals surface area contributed by atoms with E-state index in [-0.39, 0.29) is 0 Å². The van der Waals surface area contributed by atoms with E-state index in [1.54, 1.807) is 12.4 Å². The molecule has 1 aromatic carbocycles. The molecule has 1 unspecified atom stereocenters. The van der Waals surface area contributed by atoms with Gasteiger partial charge in [0.2, 0.25) is 0 Å². The quantitative estimate of drug-likeness (QED) is 0.940. The lowest BCUT2D eigenvalue weighted by Gasteiger charge is -2.13. The number of hydrogen-bond donors (Lipinski definition) is 1. The number of pyridine rings is 1. The van der Waals surface area contributed by atoms with Crippen molar-refractivity contribution in [1.82, 2.24) is 4.98 Å². The Morgan fingerprint density at radius 3 is 2.59 bits per heavy atom. The number of benzene rings is 1. The van der Waals surface area contributed by atoms with Crippen LogP contribution in [-0.2, 0) is 6.42 Å². The Hall–Kier alpha value is -1.19. The molecule has 0 aliphatic rings. The van der Waals surface area contributed by atoms with Gasteiger partial charge in [0, 0.05) is 28.9 Å². The fraction of sp³-hybridized carbons (Fsp3) is 0.214. The predicted molar refractivity (Wildman–Crippen MR) is 71.8 cm³/mol. The topological polar surface area (TPSA) is 33.1 Å². The molecule has 2 aromatic rings. The maximum atomic E-state index is 10.2. The van der Waals surface area contributed by atoms with Crippen molar-refractivity contribution < 1.29 is 5.11 Å². The lowest BCUT2D eigenvalue weighted by atomic mass is 10.00. The molecule has 88 valence electrons. The number of aliphatic hydroxyl groups is 1. The van der Waals surface area contributed by atoms with Crippen molar-refractivity contribution in [2.24, 2.45) is 0 Å². The van der Waals surface area contributed by atoms with Gasteiger partial charge in [0.1, 0.15) is 0 Å². The zero-order chi connectivity index (χ0) is 12.3. The number of rotatable bonds is 3. The van der Waals surface area contributed by atoms with Gasteiger partial charge in [-0.1, -0.05) is 28.1 Å². The molecule has 3 heteroatoms. The standard InChI is InChI=1S/C14H14BrNO/c1-10-6-7-16-9-13(10)14(17)8-11-2-4-12(15)5-3-11/h2-7,9,14,17H,8H2,1H3. The van der Waals surface area contributed by atoms with Gasteiger partial charge in [-0.15, -0.1) is 0 Å². The summed E-state index contributed by atoms with van der Waals surface area (Å²) in [4.78, 5) is 4.05. The Morgan fingerprint density at radius 2 is 1.94 bits per heavy atom. The second-order valence-electron chi connectivity index (χ2n) is 4.08. The van der Waals surface area contributed by atoms with E-state index in [9.17, 15) is 5.11 Å². The van der Waals surface area contributed by atoms with Crippen LogP contribution in [0.15, 0.2) is 47.2 Å². The maximum absolute atomic E-state index is 10.2. The molecular formula is C14H14BrNO. The molecule has 0 spiro atoms. The Balaban J connectivity index is 2.14. The maximum Gasteiger partial charge on any atom is 0.0847 e. The van der Waals surface area contributed by atoms with Crippen LogP contribution in [0.25, 0.3) is 0 Å². The highest BCUT2D eigenvalue weighted by Gasteiger charge is 2.11. The number of aryl methyl sites for hydroxylation is 1. The van der Waals surface area contributed by atoms with Crippen molar-refractivity contribution in [3.8, 4) is 0 Å². The highest BCUT2D eigenvalue weighted by Crippen LogP contribution is 2.21. The van der Waals surface area contributed by atoms with E-state index >= 15 is 0 Å². The molecule has 0 radical (unpaired) electrons. The van der Waals surface area contributed by atoms with E-state index in [2.05, 4.69) is 20.9 Å². The number of halogens is 1. The summed E-state index contributed by atoms with van der Waals surface area (Å²) in [6, 6.07) is 9.91. The molecule has 17 heavy (non-hydrogen) atoms. The van der Waals surface area contributed by atoms with Gasteiger partial charge < -0.3 is 5.11 Å². The van der Waals surface area contributed by atoms with Crippen molar-refractivity contribution in [1.29, 1.82) is 0 Å². The molecule has 1 N–H and O–H groups in total. The van der Waals surface area contributed by atoms with Gasteiger partial charge in [-0.25, -0.2) is 0 Å². The van der Waals surface area contributed by atoms with Crippen LogP contribution in [0.4, 0.5) is 0 Å². The van der Waals surface area contributed by atoms with Gasteiger partial charge in [-0.2, -0.15) is 0 Å². The smallest absolute Gasteiger partial charge is 0.0847 e. The summed E-state index contributed by atoms with van der Waals surface area (Å²) >= 11 is 3.40. The first-order valence-electron chi connectivity index (χ1n) is 5.50. The number of aromatic nitrogens is 1. The zero-order valence-electron chi connectivity index (χ0n) is 9.60.